The van der Waals surface area contributed by atoms with Crippen molar-refractivity contribution in [3.8, 4) is 0 Å². The van der Waals surface area contributed by atoms with E-state index in [1.807, 2.05) is 6.92 Å². The van der Waals surface area contributed by atoms with Crippen LogP contribution in [-0.2, 0) is 4.74 Å². The molecule has 0 aromatic heterocycles. The molecule has 1 unspecified atom stereocenters. The third-order valence-corrected chi connectivity index (χ3v) is 1.76. The standard InChI is InChI=1S/C6H10BFO2/c1-2-3-5(9)4(8)6(7)10-3/h3-6,9H,2H2,1H3/t3-,4?,5+,6-/m1/s1. The monoisotopic (exact) mass is 144 g/mol. The summed E-state index contributed by atoms with van der Waals surface area (Å²) in [5.41, 5.74) is 0. The third-order valence-electron chi connectivity index (χ3n) is 1.76. The van der Waals surface area contributed by atoms with Crippen molar-refractivity contribution in [2.75, 3.05) is 0 Å². The lowest BCUT2D eigenvalue weighted by atomic mass is 9.94. The van der Waals surface area contributed by atoms with Gasteiger partial charge in [-0.05, 0) is 6.42 Å². The molecule has 4 heteroatoms. The van der Waals surface area contributed by atoms with Crippen LogP contribution in [0.3, 0.4) is 0 Å². The van der Waals surface area contributed by atoms with Crippen LogP contribution < -0.4 is 0 Å². The summed E-state index contributed by atoms with van der Waals surface area (Å²) < 4.78 is 17.5. The Morgan fingerprint density at radius 3 is 2.50 bits per heavy atom. The molecule has 2 radical (unpaired) electrons. The van der Waals surface area contributed by atoms with Gasteiger partial charge in [0.2, 0.25) is 0 Å². The zero-order chi connectivity index (χ0) is 7.72. The number of hydrogen-bond acceptors (Lipinski definition) is 2. The van der Waals surface area contributed by atoms with Crippen molar-refractivity contribution in [1.29, 1.82) is 0 Å². The van der Waals surface area contributed by atoms with Gasteiger partial charge in [-0.2, -0.15) is 0 Å². The molecule has 1 aliphatic heterocycles. The van der Waals surface area contributed by atoms with Crippen LogP contribution >= 0.6 is 0 Å². The van der Waals surface area contributed by atoms with Gasteiger partial charge in [0.05, 0.1) is 12.1 Å². The highest BCUT2D eigenvalue weighted by Gasteiger charge is 2.39. The second-order valence-electron chi connectivity index (χ2n) is 2.48. The van der Waals surface area contributed by atoms with Gasteiger partial charge in [-0.1, -0.05) is 6.92 Å². The molecule has 56 valence electrons. The predicted molar refractivity (Wildman–Crippen MR) is 35.6 cm³/mol. The van der Waals surface area contributed by atoms with Crippen LogP contribution in [0, 0.1) is 0 Å². The Morgan fingerprint density at radius 2 is 2.30 bits per heavy atom. The van der Waals surface area contributed by atoms with Gasteiger partial charge in [0, 0.05) is 0 Å². The number of rotatable bonds is 1. The van der Waals surface area contributed by atoms with E-state index in [0.29, 0.717) is 6.42 Å². The fourth-order valence-electron chi connectivity index (χ4n) is 1.09. The van der Waals surface area contributed by atoms with Crippen molar-refractivity contribution >= 4 is 7.85 Å². The van der Waals surface area contributed by atoms with Crippen molar-refractivity contribution in [1.82, 2.24) is 0 Å². The van der Waals surface area contributed by atoms with Crippen LogP contribution in [0.4, 0.5) is 4.39 Å². The average molecular weight is 144 g/mol. The Kier molecular flexibility index (Phi) is 2.31. The summed E-state index contributed by atoms with van der Waals surface area (Å²) in [6, 6.07) is -0.944. The van der Waals surface area contributed by atoms with Gasteiger partial charge in [-0.25, -0.2) is 4.39 Å². The molecule has 0 bridgehead atoms. The van der Waals surface area contributed by atoms with Gasteiger partial charge in [0.1, 0.15) is 20.1 Å². The summed E-state index contributed by atoms with van der Waals surface area (Å²) in [4.78, 5) is 0. The molecule has 0 aliphatic carbocycles. The van der Waals surface area contributed by atoms with E-state index in [1.54, 1.807) is 0 Å². The summed E-state index contributed by atoms with van der Waals surface area (Å²) in [5.74, 6) is 0. The van der Waals surface area contributed by atoms with Gasteiger partial charge in [-0.15, -0.1) is 0 Å². The quantitative estimate of drug-likeness (QED) is 0.524. The van der Waals surface area contributed by atoms with E-state index in [1.165, 1.54) is 0 Å². The first-order valence-electron chi connectivity index (χ1n) is 3.40. The molecule has 0 saturated carbocycles. The van der Waals surface area contributed by atoms with Crippen LogP contribution in [0.5, 0.6) is 0 Å². The normalized spacial score (nSPS) is 47.9. The molecule has 0 amide bonds. The SMILES string of the molecule is [B][C@@H]1O[C@H](CC)[C@H](O)C1F. The van der Waals surface area contributed by atoms with Crippen molar-refractivity contribution in [2.24, 2.45) is 0 Å². The smallest absolute Gasteiger partial charge is 0.146 e. The molecule has 0 aromatic rings. The van der Waals surface area contributed by atoms with Crippen LogP contribution in [0.1, 0.15) is 13.3 Å². The highest BCUT2D eigenvalue weighted by atomic mass is 19.1. The summed E-state index contributed by atoms with van der Waals surface area (Å²) in [7, 11) is 5.18. The molecular weight excluding hydrogens is 134 g/mol. The Balaban J connectivity index is 2.53. The van der Waals surface area contributed by atoms with Crippen LogP contribution in [0.15, 0.2) is 0 Å². The summed E-state index contributed by atoms with van der Waals surface area (Å²) >= 11 is 0. The van der Waals surface area contributed by atoms with Gasteiger partial charge in [0.15, 0.2) is 0 Å². The van der Waals surface area contributed by atoms with Gasteiger partial charge >= 0.3 is 0 Å². The number of aliphatic hydroxyl groups is 1. The maximum Gasteiger partial charge on any atom is 0.146 e. The zero-order valence-electron chi connectivity index (χ0n) is 5.83. The first-order chi connectivity index (χ1) is 4.66. The van der Waals surface area contributed by atoms with E-state index in [0.717, 1.165) is 0 Å². The minimum Gasteiger partial charge on any atom is -0.387 e. The average Bonchev–Trinajstić information content (AvgIpc) is 2.17. The van der Waals surface area contributed by atoms with E-state index in [2.05, 4.69) is 0 Å². The molecule has 1 saturated heterocycles. The fraction of sp³-hybridized carbons (Fsp3) is 1.00. The van der Waals surface area contributed by atoms with Gasteiger partial charge < -0.3 is 9.84 Å². The van der Waals surface area contributed by atoms with Crippen molar-refractivity contribution in [3.63, 3.8) is 0 Å². The molecule has 1 heterocycles. The minimum absolute atomic E-state index is 0.426. The topological polar surface area (TPSA) is 29.5 Å². The number of ether oxygens (including phenoxy) is 1. The molecule has 1 rings (SSSR count). The van der Waals surface area contributed by atoms with E-state index in [-0.39, 0.29) is 0 Å². The fourth-order valence-corrected chi connectivity index (χ4v) is 1.09. The highest BCUT2D eigenvalue weighted by Crippen LogP contribution is 2.23. The lowest BCUT2D eigenvalue weighted by Gasteiger charge is -2.10. The van der Waals surface area contributed by atoms with Crippen molar-refractivity contribution < 1.29 is 14.2 Å². The lowest BCUT2D eigenvalue weighted by molar-refractivity contribution is 0.0283. The maximum atomic E-state index is 12.6. The molecule has 0 spiro atoms. The third kappa shape index (κ3) is 1.18. The molecule has 4 atom stereocenters. The zero-order valence-corrected chi connectivity index (χ0v) is 5.83. The van der Waals surface area contributed by atoms with Crippen molar-refractivity contribution in [2.45, 2.75) is 37.7 Å². The summed E-state index contributed by atoms with van der Waals surface area (Å²) in [6.45, 7) is 1.82. The molecule has 1 aliphatic rings. The minimum atomic E-state index is -1.43. The van der Waals surface area contributed by atoms with E-state index >= 15 is 0 Å². The summed E-state index contributed by atoms with van der Waals surface area (Å²) in [5, 5.41) is 9.05. The van der Waals surface area contributed by atoms with E-state index in [4.69, 9.17) is 17.7 Å². The highest BCUT2D eigenvalue weighted by molar-refractivity contribution is 6.11. The van der Waals surface area contributed by atoms with Gasteiger partial charge in [-0.3, -0.25) is 0 Å². The number of alkyl halides is 1. The second-order valence-corrected chi connectivity index (χ2v) is 2.48. The Morgan fingerprint density at radius 1 is 1.70 bits per heavy atom. The molecule has 0 aromatic carbocycles. The molecule has 2 nitrogen and oxygen atoms in total. The van der Waals surface area contributed by atoms with E-state index in [9.17, 15) is 4.39 Å². The Hall–Kier alpha value is -0.0851. The number of aliphatic hydroxyl groups excluding tert-OH is 1. The first kappa shape index (κ1) is 8.02. The van der Waals surface area contributed by atoms with Crippen LogP contribution in [0.25, 0.3) is 0 Å². The van der Waals surface area contributed by atoms with Crippen LogP contribution in [0.2, 0.25) is 0 Å². The molecular formula is C6H10BFO2. The molecule has 10 heavy (non-hydrogen) atoms. The molecule has 1 N–H and O–H groups in total. The largest absolute Gasteiger partial charge is 0.387 e. The number of hydrogen-bond donors (Lipinski definition) is 1. The van der Waals surface area contributed by atoms with Gasteiger partial charge in [0.25, 0.3) is 0 Å². The number of halogens is 1. The Labute approximate surface area is 60.8 Å². The Bertz CT molecular complexity index is 122. The van der Waals surface area contributed by atoms with Crippen LogP contribution in [-0.4, -0.2) is 37.3 Å². The molecule has 1 fully saturated rings. The second kappa shape index (κ2) is 2.88. The maximum absolute atomic E-state index is 12.6. The van der Waals surface area contributed by atoms with E-state index < -0.39 is 24.4 Å². The predicted octanol–water partition coefficient (Wildman–Crippen LogP) is -0.0112. The first-order valence-corrected chi connectivity index (χ1v) is 3.40. The summed E-state index contributed by atoms with van der Waals surface area (Å²) in [6.07, 6.45) is -2.30. The lowest BCUT2D eigenvalue weighted by Crippen LogP contribution is -2.28. The van der Waals surface area contributed by atoms with Crippen molar-refractivity contribution in [3.05, 3.63) is 0 Å².